The minimum absolute atomic E-state index is 0.000591. The first-order valence-electron chi connectivity index (χ1n) is 24.8. The van der Waals surface area contributed by atoms with Crippen molar-refractivity contribution in [2.24, 2.45) is 13.9 Å². The Kier molecular flexibility index (Phi) is 13.6. The summed E-state index contributed by atoms with van der Waals surface area (Å²) < 4.78 is 19.8. The topological polar surface area (TPSA) is 69.5 Å². The van der Waals surface area contributed by atoms with Crippen molar-refractivity contribution in [1.82, 2.24) is 3.30 Å². The van der Waals surface area contributed by atoms with Gasteiger partial charge in [-0.25, -0.2) is 0 Å². The molecule has 3 fully saturated rings. The minimum atomic E-state index is -6.07. The number of rotatable bonds is 12. The number of guanidine groups is 1. The van der Waals surface area contributed by atoms with Gasteiger partial charge in [0.25, 0.3) is 0 Å². The number of nitrogens with one attached hydrogen (secondary N) is 1. The summed E-state index contributed by atoms with van der Waals surface area (Å²) in [5.41, 5.74) is 9.18. The monoisotopic (exact) mass is 1040 g/mol. The molecule has 2 heterocycles. The van der Waals surface area contributed by atoms with Crippen LogP contribution in [-0.4, -0.2) is 41.6 Å². The molecular weight excluding hydrogens is 965 g/mol. The van der Waals surface area contributed by atoms with Gasteiger partial charge in [0, 0.05) is 0 Å². The van der Waals surface area contributed by atoms with Crippen LogP contribution < -0.4 is 17.8 Å². The number of carbonyl (C=O) groups excluding carboxylic acids is 1. The van der Waals surface area contributed by atoms with E-state index in [4.69, 9.17) is 12.7 Å². The number of amides is 1. The number of fused-ring (bicyclic) bond motifs is 1. The first-order valence-corrected chi connectivity index (χ1v) is 35.1. The molecule has 2 saturated carbocycles. The maximum atomic E-state index is 16.0. The summed E-state index contributed by atoms with van der Waals surface area (Å²) >= 11 is -6.07. The van der Waals surface area contributed by atoms with Crippen LogP contribution in [0.3, 0.4) is 0 Å². The van der Waals surface area contributed by atoms with Crippen LogP contribution in [0.2, 0.25) is 0 Å². The van der Waals surface area contributed by atoms with Crippen molar-refractivity contribution in [3.63, 3.8) is 0 Å². The number of hydrogen-bond acceptors (Lipinski definition) is 4. The number of para-hydroxylation sites is 3. The van der Waals surface area contributed by atoms with E-state index < -0.39 is 19.1 Å². The Morgan fingerprint density at radius 1 is 0.646 bits per heavy atom. The summed E-state index contributed by atoms with van der Waals surface area (Å²) in [4.78, 5) is 27.3. The third-order valence-corrected chi connectivity index (χ3v) is 35.0. The van der Waals surface area contributed by atoms with Crippen LogP contribution in [0, 0.1) is 5.92 Å². The van der Waals surface area contributed by atoms with Crippen molar-refractivity contribution < 1.29 is 28.6 Å². The van der Waals surface area contributed by atoms with Gasteiger partial charge >= 0.3 is 393 Å². The van der Waals surface area contributed by atoms with Gasteiger partial charge in [-0.05, 0) is 0 Å². The Morgan fingerprint density at radius 2 is 1.20 bits per heavy atom. The van der Waals surface area contributed by atoms with Crippen LogP contribution in [0.25, 0.3) is 0 Å². The molecule has 5 aromatic rings. The Labute approximate surface area is 390 Å². The van der Waals surface area contributed by atoms with Gasteiger partial charge in [-0.1, -0.05) is 0 Å². The van der Waals surface area contributed by atoms with Crippen LogP contribution in [0.1, 0.15) is 148 Å². The summed E-state index contributed by atoms with van der Waals surface area (Å²) in [5.74, 6) is 2.57. The fraction of sp³-hybridized carbons (Fsp3) is 0.421. The van der Waals surface area contributed by atoms with Gasteiger partial charge in [-0.2, -0.15) is 0 Å². The first-order chi connectivity index (χ1) is 31.7. The van der Waals surface area contributed by atoms with Crippen LogP contribution in [-0.2, 0) is 27.4 Å². The summed E-state index contributed by atoms with van der Waals surface area (Å²) in [5, 5.41) is 0. The normalized spacial score (nSPS) is 22.1. The number of ether oxygens (including phenoxy) is 1. The molecule has 0 bridgehead atoms. The zero-order valence-electron chi connectivity index (χ0n) is 39.5. The third-order valence-electron chi connectivity index (χ3n) is 15.1. The summed E-state index contributed by atoms with van der Waals surface area (Å²) in [6, 6.07) is 46.1. The van der Waals surface area contributed by atoms with Gasteiger partial charge in [0.1, 0.15) is 0 Å². The summed E-state index contributed by atoms with van der Waals surface area (Å²) in [7, 11) is 1.77. The second kappa shape index (κ2) is 19.6. The zero-order chi connectivity index (χ0) is 45.0. The van der Waals surface area contributed by atoms with Crippen molar-refractivity contribution in [2.45, 2.75) is 124 Å². The van der Waals surface area contributed by atoms with Crippen LogP contribution >= 0.6 is 0 Å². The Morgan fingerprint density at radius 3 is 1.82 bits per heavy atom. The molecule has 0 radical (unpaired) electrons. The van der Waals surface area contributed by atoms with E-state index in [0.29, 0.717) is 20.8 Å². The molecule has 339 valence electrons. The van der Waals surface area contributed by atoms with E-state index in [9.17, 15) is 0 Å². The number of nitrogens with zero attached hydrogens (tertiary/aromatic N) is 4. The number of methoxy groups -OCH3 is 1. The molecule has 1 N–H and O–H groups in total. The van der Waals surface area contributed by atoms with E-state index in [0.717, 1.165) is 60.8 Å². The zero-order valence-corrected chi connectivity index (χ0v) is 43.1. The summed E-state index contributed by atoms with van der Waals surface area (Å²) in [6.07, 6.45) is 11.6. The molecule has 1 saturated heterocycles. The van der Waals surface area contributed by atoms with Gasteiger partial charge in [-0.3, -0.25) is 0 Å². The first kappa shape index (κ1) is 45.3. The van der Waals surface area contributed by atoms with Crippen LogP contribution in [0.15, 0.2) is 135 Å². The number of benzene rings is 5. The molecule has 7 nitrogen and oxygen atoms in total. The van der Waals surface area contributed by atoms with Crippen LogP contribution in [0.4, 0.5) is 11.4 Å². The fourth-order valence-corrected chi connectivity index (χ4v) is 34.9. The van der Waals surface area contributed by atoms with E-state index in [-0.39, 0.29) is 29.7 Å². The maximum absolute atomic E-state index is 16.0. The predicted molar refractivity (Wildman–Crippen MR) is 268 cm³/mol. The van der Waals surface area contributed by atoms with Gasteiger partial charge in [-0.15, -0.1) is 0 Å². The van der Waals surface area contributed by atoms with Gasteiger partial charge in [0.15, 0.2) is 0 Å². The molecular formula is C57H70HfN5O2. The van der Waals surface area contributed by atoms with Crippen molar-refractivity contribution in [3.8, 4) is 5.75 Å². The summed E-state index contributed by atoms with van der Waals surface area (Å²) in [6.45, 7) is 10.7. The molecule has 8 heteroatoms. The van der Waals surface area contributed by atoms with Gasteiger partial charge < -0.3 is 0 Å². The number of aliphatic imine (C=N–C) groups is 1. The molecule has 9 rings (SSSR count). The molecule has 2 aliphatic heterocycles. The number of carbonyl (C=O) groups is 1. The molecule has 65 heavy (non-hydrogen) atoms. The quantitative estimate of drug-likeness (QED) is 0.126. The average molecular weight is 1040 g/mol. The molecule has 4 aliphatic rings. The van der Waals surface area contributed by atoms with E-state index in [1.54, 1.807) is 7.11 Å². The average Bonchev–Trinajstić information content (AvgIpc) is 3.71. The number of anilines is 2. The second-order valence-corrected chi connectivity index (χ2v) is 37.9. The predicted octanol–water partition coefficient (Wildman–Crippen LogP) is 13.4. The SMILES string of the molecule is COc1ccccc1N1CCN(c2c(C(C)C)cccc2C(C)C)C1=[N][Hf]1([CH2]c2ccccc2)([CH2]c2ccccc2)[NH]C(=O)c2ccccc2C(C2CCCCC2)[C]1=NC1CCCCC1. The van der Waals surface area contributed by atoms with E-state index in [2.05, 4.69) is 168 Å². The van der Waals surface area contributed by atoms with Crippen molar-refractivity contribution in [3.05, 3.63) is 161 Å². The van der Waals surface area contributed by atoms with Crippen molar-refractivity contribution in [1.29, 1.82) is 0 Å². The fourth-order valence-electron chi connectivity index (χ4n) is 12.1. The molecule has 0 spiro atoms. The molecule has 0 aromatic heterocycles. The van der Waals surface area contributed by atoms with Gasteiger partial charge in [0.2, 0.25) is 0 Å². The Bertz CT molecular complexity index is 2440. The Balaban J connectivity index is 1.47. The van der Waals surface area contributed by atoms with Crippen molar-refractivity contribution in [2.75, 3.05) is 30.0 Å². The van der Waals surface area contributed by atoms with Crippen molar-refractivity contribution >= 4 is 26.7 Å². The molecule has 1 amide bonds. The molecule has 5 aromatic carbocycles. The Hall–Kier alpha value is -4.82. The standard InChI is InChI=1S/C22H28N3O.C21H29N2O.2C7H7.Hf/c1-15(2)17-9-8-10-18(16(3)4)21(17)25-14-13-24(22(25)23)19-11-6-7-12-20(19)26-5;22-21(24)19-14-8-7-13-18(19)20(16-9-3-1-4-10-16)15-23-17-11-5-2-6-12-17;2*1-7-5-3-2-4-6-7;/h6-12,15-16H,13-14H2,1-5H3;7-8,13-14,16-17,20H,1-6,9-12H2,(H2,22,24);2*2-6H,1H2;/q-1;;;;+2/p-1. The molecule has 1 unspecified atom stereocenters. The second-order valence-electron chi connectivity index (χ2n) is 20.2. The van der Waals surface area contributed by atoms with Crippen LogP contribution in [0.5, 0.6) is 5.75 Å². The van der Waals surface area contributed by atoms with E-state index in [1.165, 1.54) is 69.9 Å². The molecule has 1 atom stereocenters. The number of hydrogen-bond donors (Lipinski definition) is 1. The third kappa shape index (κ3) is 9.06. The van der Waals surface area contributed by atoms with Gasteiger partial charge in [0.05, 0.1) is 0 Å². The van der Waals surface area contributed by atoms with E-state index >= 15 is 4.79 Å². The van der Waals surface area contributed by atoms with E-state index in [1.807, 2.05) is 0 Å². The molecule has 2 aliphatic carbocycles.